The highest BCUT2D eigenvalue weighted by Gasteiger charge is 2.44. The number of nitrogens with one attached hydrogen (secondary N) is 1. The molecule has 90 valence electrons. The van der Waals surface area contributed by atoms with Crippen LogP contribution in [0.15, 0.2) is 0 Å². The Morgan fingerprint density at radius 1 is 1.40 bits per heavy atom. The van der Waals surface area contributed by atoms with Gasteiger partial charge in [-0.05, 0) is 42.7 Å². The summed E-state index contributed by atoms with van der Waals surface area (Å²) in [5.74, 6) is 0.892. The molecule has 2 heteroatoms. The first kappa shape index (κ1) is 13.0. The van der Waals surface area contributed by atoms with Gasteiger partial charge in [0.25, 0.3) is 0 Å². The molecule has 1 rings (SSSR count). The molecule has 0 radical (unpaired) electrons. The van der Waals surface area contributed by atoms with Crippen LogP contribution in [-0.4, -0.2) is 19.1 Å². The van der Waals surface area contributed by atoms with Gasteiger partial charge in [0.05, 0.1) is 0 Å². The largest absolute Gasteiger partial charge is 0.327 e. The molecular weight excluding hydrogens is 184 g/mol. The minimum atomic E-state index is 0.237. The summed E-state index contributed by atoms with van der Waals surface area (Å²) in [4.78, 5) is 0. The molecule has 2 atom stereocenters. The standard InChI is InChI=1S/C13H28N2/c1-12(2,3)11(14)6-7-15-9-10-8-13(10,4)5/h10-11,15H,6-9,14H2,1-5H3. The van der Waals surface area contributed by atoms with E-state index in [0.29, 0.717) is 11.5 Å². The van der Waals surface area contributed by atoms with Crippen molar-refractivity contribution in [2.75, 3.05) is 13.1 Å². The molecule has 0 amide bonds. The quantitative estimate of drug-likeness (QED) is 0.687. The third-order valence-corrected chi connectivity index (χ3v) is 3.85. The van der Waals surface area contributed by atoms with Crippen molar-refractivity contribution in [3.05, 3.63) is 0 Å². The zero-order chi connectivity index (χ0) is 11.7. The maximum absolute atomic E-state index is 6.10. The highest BCUT2D eigenvalue weighted by Crippen LogP contribution is 2.50. The van der Waals surface area contributed by atoms with Crippen LogP contribution in [0.5, 0.6) is 0 Å². The molecule has 0 bridgehead atoms. The molecule has 0 spiro atoms. The minimum absolute atomic E-state index is 0.237. The number of rotatable bonds is 5. The van der Waals surface area contributed by atoms with Gasteiger partial charge in [0.15, 0.2) is 0 Å². The van der Waals surface area contributed by atoms with E-state index >= 15 is 0 Å². The summed E-state index contributed by atoms with van der Waals surface area (Å²) in [6, 6.07) is 0.303. The predicted molar refractivity (Wildman–Crippen MR) is 66.8 cm³/mol. The molecule has 3 N–H and O–H groups in total. The summed E-state index contributed by atoms with van der Waals surface area (Å²) >= 11 is 0. The Balaban J connectivity index is 2.03. The van der Waals surface area contributed by atoms with E-state index in [2.05, 4.69) is 39.9 Å². The summed E-state index contributed by atoms with van der Waals surface area (Å²) < 4.78 is 0. The molecule has 1 aliphatic carbocycles. The Bertz CT molecular complexity index is 203. The zero-order valence-corrected chi connectivity index (χ0v) is 11.1. The minimum Gasteiger partial charge on any atom is -0.327 e. The van der Waals surface area contributed by atoms with Crippen molar-refractivity contribution in [1.82, 2.24) is 5.32 Å². The van der Waals surface area contributed by atoms with Crippen LogP contribution in [0.4, 0.5) is 0 Å². The van der Waals surface area contributed by atoms with Gasteiger partial charge < -0.3 is 11.1 Å². The second-order valence-corrected chi connectivity index (χ2v) is 6.85. The summed E-state index contributed by atoms with van der Waals surface area (Å²) in [5, 5.41) is 3.53. The summed E-state index contributed by atoms with van der Waals surface area (Å²) in [5.41, 5.74) is 6.93. The lowest BCUT2D eigenvalue weighted by atomic mass is 9.85. The summed E-state index contributed by atoms with van der Waals surface area (Å²) in [7, 11) is 0. The fourth-order valence-corrected chi connectivity index (χ4v) is 1.89. The second-order valence-electron chi connectivity index (χ2n) is 6.85. The van der Waals surface area contributed by atoms with Crippen LogP contribution in [-0.2, 0) is 0 Å². The molecule has 2 unspecified atom stereocenters. The van der Waals surface area contributed by atoms with Crippen molar-refractivity contribution < 1.29 is 0 Å². The Kier molecular flexibility index (Phi) is 3.83. The first-order valence-electron chi connectivity index (χ1n) is 6.20. The van der Waals surface area contributed by atoms with E-state index in [9.17, 15) is 0 Å². The number of hydrogen-bond donors (Lipinski definition) is 2. The lowest BCUT2D eigenvalue weighted by Crippen LogP contribution is -2.38. The van der Waals surface area contributed by atoms with Crippen molar-refractivity contribution in [3.63, 3.8) is 0 Å². The van der Waals surface area contributed by atoms with Crippen molar-refractivity contribution in [3.8, 4) is 0 Å². The van der Waals surface area contributed by atoms with Gasteiger partial charge in [-0.1, -0.05) is 34.6 Å². The summed E-state index contributed by atoms with van der Waals surface area (Å²) in [6.45, 7) is 13.6. The molecule has 0 heterocycles. The first-order valence-corrected chi connectivity index (χ1v) is 6.20. The topological polar surface area (TPSA) is 38.0 Å². The maximum Gasteiger partial charge on any atom is 0.00997 e. The second kappa shape index (κ2) is 4.42. The van der Waals surface area contributed by atoms with E-state index in [-0.39, 0.29) is 5.41 Å². The van der Waals surface area contributed by atoms with E-state index in [0.717, 1.165) is 18.9 Å². The van der Waals surface area contributed by atoms with Gasteiger partial charge in [-0.2, -0.15) is 0 Å². The lowest BCUT2D eigenvalue weighted by Gasteiger charge is -2.27. The maximum atomic E-state index is 6.10. The molecule has 2 nitrogen and oxygen atoms in total. The van der Waals surface area contributed by atoms with Gasteiger partial charge in [0, 0.05) is 6.04 Å². The number of nitrogens with two attached hydrogens (primary N) is 1. The molecule has 1 fully saturated rings. The van der Waals surface area contributed by atoms with Crippen molar-refractivity contribution in [2.45, 2.75) is 53.5 Å². The van der Waals surface area contributed by atoms with Gasteiger partial charge in [-0.25, -0.2) is 0 Å². The smallest absolute Gasteiger partial charge is 0.00997 e. The van der Waals surface area contributed by atoms with E-state index in [1.165, 1.54) is 13.0 Å². The SMILES string of the molecule is CC(C)(C)C(N)CCNCC1CC1(C)C. The van der Waals surface area contributed by atoms with Crippen LogP contribution in [0.25, 0.3) is 0 Å². The highest BCUT2D eigenvalue weighted by molar-refractivity contribution is 4.96. The van der Waals surface area contributed by atoms with Gasteiger partial charge in [-0.15, -0.1) is 0 Å². The Morgan fingerprint density at radius 3 is 2.33 bits per heavy atom. The van der Waals surface area contributed by atoms with E-state index in [4.69, 9.17) is 5.73 Å². The lowest BCUT2D eigenvalue weighted by molar-refractivity contribution is 0.302. The fourth-order valence-electron chi connectivity index (χ4n) is 1.89. The molecule has 1 aliphatic rings. The van der Waals surface area contributed by atoms with Crippen molar-refractivity contribution >= 4 is 0 Å². The molecule has 0 aromatic heterocycles. The molecule has 1 saturated carbocycles. The highest BCUT2D eigenvalue weighted by atomic mass is 14.9. The zero-order valence-electron chi connectivity index (χ0n) is 11.1. The average molecular weight is 212 g/mol. The third-order valence-electron chi connectivity index (χ3n) is 3.85. The molecular formula is C13H28N2. The Morgan fingerprint density at radius 2 is 1.93 bits per heavy atom. The summed E-state index contributed by atoms with van der Waals surface area (Å²) in [6.07, 6.45) is 2.46. The van der Waals surface area contributed by atoms with Crippen molar-refractivity contribution in [2.24, 2.45) is 22.5 Å². The monoisotopic (exact) mass is 212 g/mol. The van der Waals surface area contributed by atoms with Gasteiger partial charge in [-0.3, -0.25) is 0 Å². The van der Waals surface area contributed by atoms with Crippen molar-refractivity contribution in [1.29, 1.82) is 0 Å². The number of hydrogen-bond acceptors (Lipinski definition) is 2. The first-order chi connectivity index (χ1) is 6.73. The normalized spacial score (nSPS) is 26.4. The molecule has 0 saturated heterocycles. The molecule has 0 aromatic carbocycles. The van der Waals surface area contributed by atoms with Crippen LogP contribution in [0.3, 0.4) is 0 Å². The third kappa shape index (κ3) is 4.12. The van der Waals surface area contributed by atoms with Crippen LogP contribution in [0.2, 0.25) is 0 Å². The molecule has 15 heavy (non-hydrogen) atoms. The average Bonchev–Trinajstić information content (AvgIpc) is 2.66. The fraction of sp³-hybridized carbons (Fsp3) is 1.00. The van der Waals surface area contributed by atoms with Crippen LogP contribution >= 0.6 is 0 Å². The van der Waals surface area contributed by atoms with Crippen LogP contribution < -0.4 is 11.1 Å². The van der Waals surface area contributed by atoms with E-state index in [1.807, 2.05) is 0 Å². The van der Waals surface area contributed by atoms with Gasteiger partial charge in [0.2, 0.25) is 0 Å². The van der Waals surface area contributed by atoms with Crippen LogP contribution in [0, 0.1) is 16.7 Å². The Labute approximate surface area is 95.0 Å². The molecule has 0 aliphatic heterocycles. The van der Waals surface area contributed by atoms with E-state index < -0.39 is 0 Å². The van der Waals surface area contributed by atoms with Gasteiger partial charge in [0.1, 0.15) is 0 Å². The predicted octanol–water partition coefficient (Wildman–Crippen LogP) is 2.39. The Hall–Kier alpha value is -0.0800. The van der Waals surface area contributed by atoms with Crippen LogP contribution in [0.1, 0.15) is 47.5 Å². The molecule has 0 aromatic rings. The van der Waals surface area contributed by atoms with E-state index in [1.54, 1.807) is 0 Å². The van der Waals surface area contributed by atoms with Gasteiger partial charge >= 0.3 is 0 Å².